The average Bonchev–Trinajstić information content (AvgIpc) is 3.56. The van der Waals surface area contributed by atoms with Crippen LogP contribution in [-0.4, -0.2) is 19.5 Å². The highest BCUT2D eigenvalue weighted by Gasteiger charge is 2.21. The quantitative estimate of drug-likeness (QED) is 0.180. The number of nitrogens with zero attached hydrogens (tertiary/aromatic N) is 4. The molecule has 11 rings (SSSR count). The van der Waals surface area contributed by atoms with Gasteiger partial charge in [0.25, 0.3) is 0 Å². The minimum absolute atomic E-state index is 0.0180. The first-order valence-corrected chi connectivity index (χ1v) is 18.9. The fourth-order valence-electron chi connectivity index (χ4n) is 8.47. The molecule has 3 heterocycles. The van der Waals surface area contributed by atoms with E-state index in [4.69, 9.17) is 15.0 Å². The molecular formula is C51H36N4. The number of hydrogen-bond acceptors (Lipinski definition) is 3. The standard InChI is InChI=1S/C51H36N4/c1-51(2,3)37-22-23-46-41(30-37)43-29-36-28-42(47(43)55(46)38-20-8-5-9-21-38)40-25-33-17-11-13-19-35(33)27-45(40)50-53-48(31-14-6-4-7-15-31)52-49(54-50)44-26-34-18-12-10-16-32(34)24-39(36)44/h4-30H,1-3H3. The molecule has 4 nitrogen and oxygen atoms in total. The largest absolute Gasteiger partial charge is 0.309 e. The molecule has 0 N–H and O–H groups in total. The molecule has 0 saturated heterocycles. The van der Waals surface area contributed by atoms with Crippen LogP contribution in [0.1, 0.15) is 26.3 Å². The van der Waals surface area contributed by atoms with Gasteiger partial charge in [-0.05, 0) is 109 Å². The van der Waals surface area contributed by atoms with Crippen molar-refractivity contribution in [3.05, 3.63) is 169 Å². The average molecular weight is 705 g/mol. The van der Waals surface area contributed by atoms with Crippen LogP contribution in [0, 0.1) is 0 Å². The van der Waals surface area contributed by atoms with Crippen molar-refractivity contribution in [1.29, 1.82) is 0 Å². The highest BCUT2D eigenvalue weighted by Crippen LogP contribution is 2.42. The van der Waals surface area contributed by atoms with Crippen LogP contribution in [0.5, 0.6) is 0 Å². The summed E-state index contributed by atoms with van der Waals surface area (Å²) in [7, 11) is 0. The van der Waals surface area contributed by atoms with Gasteiger partial charge in [0, 0.05) is 38.2 Å². The van der Waals surface area contributed by atoms with Gasteiger partial charge in [-0.15, -0.1) is 0 Å². The molecule has 55 heavy (non-hydrogen) atoms. The van der Waals surface area contributed by atoms with Gasteiger partial charge >= 0.3 is 0 Å². The summed E-state index contributed by atoms with van der Waals surface area (Å²) >= 11 is 0. The van der Waals surface area contributed by atoms with Crippen LogP contribution >= 0.6 is 0 Å². The summed E-state index contributed by atoms with van der Waals surface area (Å²) < 4.78 is 2.45. The molecule has 0 spiro atoms. The normalized spacial score (nSPS) is 12.3. The van der Waals surface area contributed by atoms with Crippen molar-refractivity contribution in [2.45, 2.75) is 26.2 Å². The summed E-state index contributed by atoms with van der Waals surface area (Å²) in [6.07, 6.45) is 0. The van der Waals surface area contributed by atoms with Gasteiger partial charge in [-0.25, -0.2) is 15.0 Å². The lowest BCUT2D eigenvalue weighted by Gasteiger charge is -2.19. The molecule has 0 unspecified atom stereocenters. The Kier molecular flexibility index (Phi) is 6.78. The molecule has 4 bridgehead atoms. The minimum Gasteiger partial charge on any atom is -0.309 e. The molecule has 3 aromatic heterocycles. The van der Waals surface area contributed by atoms with Crippen LogP contribution in [-0.2, 0) is 5.41 Å². The van der Waals surface area contributed by atoms with Crippen molar-refractivity contribution in [3.8, 4) is 17.1 Å². The molecule has 8 aromatic carbocycles. The Morgan fingerprint density at radius 3 is 1.49 bits per heavy atom. The van der Waals surface area contributed by atoms with Crippen LogP contribution in [0.25, 0.3) is 104 Å². The smallest absolute Gasteiger partial charge is 0.164 e. The number of benzene rings is 8. The zero-order valence-electron chi connectivity index (χ0n) is 30.9. The Balaban J connectivity index is 1.48. The zero-order chi connectivity index (χ0) is 36.8. The number of aromatic nitrogens is 4. The Morgan fingerprint density at radius 1 is 0.400 bits per heavy atom. The number of fused-ring (bicyclic) bond motifs is 16. The number of para-hydroxylation sites is 1. The van der Waals surface area contributed by atoms with E-state index < -0.39 is 0 Å². The summed E-state index contributed by atoms with van der Waals surface area (Å²) in [5.74, 6) is 0.654. The monoisotopic (exact) mass is 704 g/mol. The van der Waals surface area contributed by atoms with Gasteiger partial charge in [0.05, 0.1) is 11.0 Å². The zero-order valence-corrected chi connectivity index (χ0v) is 30.9. The lowest BCUT2D eigenvalue weighted by molar-refractivity contribution is 0.591. The van der Waals surface area contributed by atoms with E-state index >= 15 is 0 Å². The first-order chi connectivity index (χ1) is 26.9. The van der Waals surface area contributed by atoms with Crippen LogP contribution in [0.15, 0.2) is 164 Å². The maximum atomic E-state index is 5.38. The molecule has 0 fully saturated rings. The van der Waals surface area contributed by atoms with Crippen LogP contribution < -0.4 is 0 Å². The third kappa shape index (κ3) is 5.02. The first kappa shape index (κ1) is 31.6. The molecule has 11 aromatic rings. The SMILES string of the molecule is CC(C)(C)c1ccc2c(c1)c1cc3cc(c4cc5ccccc5cc4c4nc(-c5ccccc5)nc(n4)c4cc5ccccc5cc34)c1n2-c1ccccc1. The Morgan fingerprint density at radius 2 is 0.891 bits per heavy atom. The summed E-state index contributed by atoms with van der Waals surface area (Å²) in [4.78, 5) is 15.9. The lowest BCUT2D eigenvalue weighted by atomic mass is 9.86. The predicted molar refractivity (Wildman–Crippen MR) is 232 cm³/mol. The van der Waals surface area contributed by atoms with Crippen LogP contribution in [0.4, 0.5) is 0 Å². The molecule has 0 radical (unpaired) electrons. The number of hydrogen-bond donors (Lipinski definition) is 0. The van der Waals surface area contributed by atoms with Crippen molar-refractivity contribution in [2.24, 2.45) is 0 Å². The van der Waals surface area contributed by atoms with Crippen molar-refractivity contribution in [1.82, 2.24) is 19.5 Å². The van der Waals surface area contributed by atoms with E-state index in [0.717, 1.165) is 59.9 Å². The van der Waals surface area contributed by atoms with Gasteiger partial charge in [-0.2, -0.15) is 0 Å². The summed E-state index contributed by atoms with van der Waals surface area (Å²) in [6, 6.07) is 59.2. The maximum Gasteiger partial charge on any atom is 0.164 e. The van der Waals surface area contributed by atoms with Gasteiger partial charge in [0.2, 0.25) is 0 Å². The van der Waals surface area contributed by atoms with Crippen molar-refractivity contribution in [2.75, 3.05) is 0 Å². The topological polar surface area (TPSA) is 43.6 Å². The summed E-state index contributed by atoms with van der Waals surface area (Å²) in [5, 5.41) is 13.5. The molecule has 0 saturated carbocycles. The van der Waals surface area contributed by atoms with Crippen LogP contribution in [0.3, 0.4) is 0 Å². The molecule has 0 aliphatic heterocycles. The van der Waals surface area contributed by atoms with Gasteiger partial charge in [0.15, 0.2) is 17.1 Å². The second-order valence-electron chi connectivity index (χ2n) is 15.7. The summed E-state index contributed by atoms with van der Waals surface area (Å²) in [5.41, 5.74) is 7.01. The highest BCUT2D eigenvalue weighted by molar-refractivity contribution is 6.26. The molecule has 0 amide bonds. The second-order valence-corrected chi connectivity index (χ2v) is 15.7. The van der Waals surface area contributed by atoms with E-state index in [1.165, 1.54) is 32.6 Å². The van der Waals surface area contributed by atoms with E-state index in [0.29, 0.717) is 17.1 Å². The molecule has 260 valence electrons. The Labute approximate surface area is 318 Å². The van der Waals surface area contributed by atoms with E-state index in [1.807, 2.05) is 18.2 Å². The highest BCUT2D eigenvalue weighted by atomic mass is 15.0. The van der Waals surface area contributed by atoms with E-state index in [-0.39, 0.29) is 5.41 Å². The van der Waals surface area contributed by atoms with Crippen molar-refractivity contribution < 1.29 is 0 Å². The van der Waals surface area contributed by atoms with Crippen molar-refractivity contribution >= 4 is 87.0 Å². The van der Waals surface area contributed by atoms with E-state index in [1.54, 1.807) is 0 Å². The molecular weight excluding hydrogens is 669 g/mol. The van der Waals surface area contributed by atoms with E-state index in [9.17, 15) is 0 Å². The minimum atomic E-state index is -0.0180. The Bertz CT molecular complexity index is 3390. The van der Waals surface area contributed by atoms with Crippen molar-refractivity contribution in [3.63, 3.8) is 0 Å². The first-order valence-electron chi connectivity index (χ1n) is 18.9. The summed E-state index contributed by atoms with van der Waals surface area (Å²) in [6.45, 7) is 6.88. The fourth-order valence-corrected chi connectivity index (χ4v) is 8.47. The van der Waals surface area contributed by atoms with E-state index in [2.05, 4.69) is 171 Å². The molecule has 0 aliphatic rings. The molecule has 4 heteroatoms. The van der Waals surface area contributed by atoms with Gasteiger partial charge in [-0.1, -0.05) is 124 Å². The third-order valence-electron chi connectivity index (χ3n) is 11.3. The van der Waals surface area contributed by atoms with Gasteiger partial charge in [0.1, 0.15) is 0 Å². The number of rotatable bonds is 2. The fraction of sp³-hybridized carbons (Fsp3) is 0.0784. The van der Waals surface area contributed by atoms with Gasteiger partial charge in [-0.3, -0.25) is 0 Å². The predicted octanol–water partition coefficient (Wildman–Crippen LogP) is 13.4. The Hall–Kier alpha value is -6.91. The van der Waals surface area contributed by atoms with Crippen LogP contribution in [0.2, 0.25) is 0 Å². The second kappa shape index (κ2) is 11.8. The molecule has 0 aliphatic carbocycles. The lowest BCUT2D eigenvalue weighted by Crippen LogP contribution is -2.10. The molecule has 0 atom stereocenters. The van der Waals surface area contributed by atoms with Gasteiger partial charge < -0.3 is 4.57 Å². The third-order valence-corrected chi connectivity index (χ3v) is 11.3. The maximum absolute atomic E-state index is 5.38.